The van der Waals surface area contributed by atoms with Crippen molar-refractivity contribution in [3.05, 3.63) is 35.9 Å². The molecule has 1 aromatic carbocycles. The van der Waals surface area contributed by atoms with E-state index in [9.17, 15) is 4.79 Å². The largest absolute Gasteiger partial charge is 0.396 e. The van der Waals surface area contributed by atoms with Crippen LogP contribution in [0.1, 0.15) is 18.4 Å². The molecule has 1 aromatic rings. The van der Waals surface area contributed by atoms with Crippen LogP contribution in [0.3, 0.4) is 0 Å². The quantitative estimate of drug-likeness (QED) is 0.824. The number of amides is 1. The summed E-state index contributed by atoms with van der Waals surface area (Å²) in [5, 5.41) is 9.09. The number of hydrogen-bond donors (Lipinski definition) is 2. The second-order valence-electron chi connectivity index (χ2n) is 5.25. The van der Waals surface area contributed by atoms with Gasteiger partial charge in [0.15, 0.2) is 0 Å². The third kappa shape index (κ3) is 3.78. The lowest BCUT2D eigenvalue weighted by Gasteiger charge is -2.20. The van der Waals surface area contributed by atoms with Gasteiger partial charge >= 0.3 is 0 Å². The monoisotopic (exact) mass is 262 g/mol. The highest BCUT2D eigenvalue weighted by Gasteiger charge is 2.28. The molecule has 0 aromatic heterocycles. The molecular weight excluding hydrogens is 240 g/mol. The Balaban J connectivity index is 1.80. The molecule has 4 heteroatoms. The fraction of sp³-hybridized carbons (Fsp3) is 0.533. The number of aryl methyl sites for hydroxylation is 1. The van der Waals surface area contributed by atoms with Crippen molar-refractivity contribution in [1.29, 1.82) is 0 Å². The maximum Gasteiger partial charge on any atom is 0.239 e. The van der Waals surface area contributed by atoms with E-state index in [0.717, 1.165) is 19.4 Å². The van der Waals surface area contributed by atoms with Crippen molar-refractivity contribution in [2.75, 3.05) is 19.7 Å². The van der Waals surface area contributed by atoms with E-state index < -0.39 is 6.04 Å². The van der Waals surface area contributed by atoms with Gasteiger partial charge in [0, 0.05) is 25.6 Å². The Morgan fingerprint density at radius 1 is 1.42 bits per heavy atom. The van der Waals surface area contributed by atoms with Gasteiger partial charge < -0.3 is 15.7 Å². The van der Waals surface area contributed by atoms with E-state index in [1.54, 1.807) is 4.90 Å². The minimum atomic E-state index is -0.433. The van der Waals surface area contributed by atoms with Crippen molar-refractivity contribution >= 4 is 5.91 Å². The predicted molar refractivity (Wildman–Crippen MR) is 74.5 cm³/mol. The Hall–Kier alpha value is -1.39. The first-order valence-electron chi connectivity index (χ1n) is 6.90. The van der Waals surface area contributed by atoms with E-state index in [1.807, 2.05) is 18.2 Å². The standard InChI is InChI=1S/C15H22N2O2/c16-14(7-6-12-4-2-1-3-5-12)15(19)17-9-8-13(10-17)11-18/h1-5,13-14,18H,6-11,16H2. The van der Waals surface area contributed by atoms with Crippen LogP contribution in [0.15, 0.2) is 30.3 Å². The number of likely N-dealkylation sites (tertiary alicyclic amines) is 1. The highest BCUT2D eigenvalue weighted by atomic mass is 16.3. The van der Waals surface area contributed by atoms with Crippen LogP contribution in [-0.2, 0) is 11.2 Å². The van der Waals surface area contributed by atoms with Gasteiger partial charge in [0.25, 0.3) is 0 Å². The van der Waals surface area contributed by atoms with Gasteiger partial charge in [0.1, 0.15) is 0 Å². The predicted octanol–water partition coefficient (Wildman–Crippen LogP) is 0.787. The average molecular weight is 262 g/mol. The average Bonchev–Trinajstić information content (AvgIpc) is 2.94. The summed E-state index contributed by atoms with van der Waals surface area (Å²) < 4.78 is 0. The van der Waals surface area contributed by atoms with E-state index in [2.05, 4.69) is 12.1 Å². The maximum absolute atomic E-state index is 12.1. The summed E-state index contributed by atoms with van der Waals surface area (Å²) in [6.45, 7) is 1.53. The van der Waals surface area contributed by atoms with Gasteiger partial charge in [-0.15, -0.1) is 0 Å². The van der Waals surface area contributed by atoms with E-state index in [1.165, 1.54) is 5.56 Å². The van der Waals surface area contributed by atoms with Crippen LogP contribution < -0.4 is 5.73 Å². The zero-order valence-corrected chi connectivity index (χ0v) is 11.2. The van der Waals surface area contributed by atoms with Gasteiger partial charge in [0.05, 0.1) is 6.04 Å². The molecule has 2 unspecified atom stereocenters. The van der Waals surface area contributed by atoms with Crippen LogP contribution in [0.5, 0.6) is 0 Å². The lowest BCUT2D eigenvalue weighted by atomic mass is 10.1. The summed E-state index contributed by atoms with van der Waals surface area (Å²) in [7, 11) is 0. The number of hydrogen-bond acceptors (Lipinski definition) is 3. The lowest BCUT2D eigenvalue weighted by molar-refractivity contribution is -0.131. The van der Waals surface area contributed by atoms with Crippen LogP contribution in [0, 0.1) is 5.92 Å². The fourth-order valence-electron chi connectivity index (χ4n) is 2.51. The Bertz CT molecular complexity index is 408. The molecular formula is C15H22N2O2. The molecule has 2 atom stereocenters. The van der Waals surface area contributed by atoms with Gasteiger partial charge in [-0.05, 0) is 24.8 Å². The van der Waals surface area contributed by atoms with Crippen LogP contribution in [-0.4, -0.2) is 41.7 Å². The molecule has 0 bridgehead atoms. The molecule has 1 heterocycles. The first-order valence-corrected chi connectivity index (χ1v) is 6.90. The van der Waals surface area contributed by atoms with Crippen molar-refractivity contribution < 1.29 is 9.90 Å². The van der Waals surface area contributed by atoms with Crippen LogP contribution in [0.25, 0.3) is 0 Å². The molecule has 2 rings (SSSR count). The molecule has 0 radical (unpaired) electrons. The third-order valence-electron chi connectivity index (χ3n) is 3.76. The van der Waals surface area contributed by atoms with Gasteiger partial charge in [-0.25, -0.2) is 0 Å². The van der Waals surface area contributed by atoms with Crippen LogP contribution in [0.2, 0.25) is 0 Å². The first-order chi connectivity index (χ1) is 9.20. The van der Waals surface area contributed by atoms with Gasteiger partial charge in [-0.1, -0.05) is 30.3 Å². The van der Waals surface area contributed by atoms with Gasteiger partial charge in [0.2, 0.25) is 5.91 Å². The summed E-state index contributed by atoms with van der Waals surface area (Å²) in [5.74, 6) is 0.247. The number of benzene rings is 1. The normalized spacial score (nSPS) is 20.5. The molecule has 1 saturated heterocycles. The summed E-state index contributed by atoms with van der Waals surface area (Å²) in [4.78, 5) is 13.9. The first kappa shape index (κ1) is 14.0. The zero-order valence-electron chi connectivity index (χ0n) is 11.2. The van der Waals surface area contributed by atoms with E-state index in [-0.39, 0.29) is 18.4 Å². The molecule has 0 aliphatic carbocycles. The Kier molecular flexibility index (Phi) is 4.93. The number of carbonyl (C=O) groups is 1. The SMILES string of the molecule is NC(CCc1ccccc1)C(=O)N1CCC(CO)C1. The zero-order chi connectivity index (χ0) is 13.7. The maximum atomic E-state index is 12.1. The second kappa shape index (κ2) is 6.68. The topological polar surface area (TPSA) is 66.6 Å². The van der Waals surface area contributed by atoms with Crippen molar-refractivity contribution in [3.8, 4) is 0 Å². The number of carbonyl (C=O) groups excluding carboxylic acids is 1. The van der Waals surface area contributed by atoms with E-state index >= 15 is 0 Å². The molecule has 1 amide bonds. The van der Waals surface area contributed by atoms with Crippen molar-refractivity contribution in [1.82, 2.24) is 4.90 Å². The Morgan fingerprint density at radius 3 is 2.79 bits per heavy atom. The van der Waals surface area contributed by atoms with Crippen molar-refractivity contribution in [2.45, 2.75) is 25.3 Å². The number of aliphatic hydroxyl groups excluding tert-OH is 1. The lowest BCUT2D eigenvalue weighted by Crippen LogP contribution is -2.43. The minimum Gasteiger partial charge on any atom is -0.396 e. The number of nitrogens with two attached hydrogens (primary N) is 1. The molecule has 104 valence electrons. The number of nitrogens with zero attached hydrogens (tertiary/aromatic N) is 1. The third-order valence-corrected chi connectivity index (χ3v) is 3.76. The highest BCUT2D eigenvalue weighted by molar-refractivity contribution is 5.81. The highest BCUT2D eigenvalue weighted by Crippen LogP contribution is 2.17. The Labute approximate surface area is 114 Å². The van der Waals surface area contributed by atoms with Crippen molar-refractivity contribution in [2.24, 2.45) is 11.7 Å². The number of aliphatic hydroxyl groups is 1. The van der Waals surface area contributed by atoms with Crippen LogP contribution >= 0.6 is 0 Å². The molecule has 0 saturated carbocycles. The van der Waals surface area contributed by atoms with Gasteiger partial charge in [-0.3, -0.25) is 4.79 Å². The molecule has 1 aliphatic rings. The molecule has 0 spiro atoms. The summed E-state index contributed by atoms with van der Waals surface area (Å²) >= 11 is 0. The molecule has 19 heavy (non-hydrogen) atoms. The van der Waals surface area contributed by atoms with E-state index in [0.29, 0.717) is 13.0 Å². The van der Waals surface area contributed by atoms with Crippen molar-refractivity contribution in [3.63, 3.8) is 0 Å². The molecule has 3 N–H and O–H groups in total. The number of rotatable bonds is 5. The minimum absolute atomic E-state index is 0.0203. The second-order valence-corrected chi connectivity index (χ2v) is 5.25. The van der Waals surface area contributed by atoms with E-state index in [4.69, 9.17) is 10.8 Å². The Morgan fingerprint density at radius 2 is 2.16 bits per heavy atom. The fourth-order valence-corrected chi connectivity index (χ4v) is 2.51. The van der Waals surface area contributed by atoms with Gasteiger partial charge in [-0.2, -0.15) is 0 Å². The summed E-state index contributed by atoms with van der Waals surface area (Å²) in [5.41, 5.74) is 7.19. The molecule has 1 fully saturated rings. The summed E-state index contributed by atoms with van der Waals surface area (Å²) in [6.07, 6.45) is 2.38. The van der Waals surface area contributed by atoms with Crippen LogP contribution in [0.4, 0.5) is 0 Å². The molecule has 4 nitrogen and oxygen atoms in total. The summed E-state index contributed by atoms with van der Waals surface area (Å²) in [6, 6.07) is 9.64. The smallest absolute Gasteiger partial charge is 0.239 e. The molecule has 1 aliphatic heterocycles.